The summed E-state index contributed by atoms with van der Waals surface area (Å²) in [4.78, 5) is 5.75. The average molecular weight is 554 g/mol. The Morgan fingerprint density at radius 2 is 1.82 bits per heavy atom. The molecule has 5 nitrogen and oxygen atoms in total. The number of nitrogens with zero attached hydrogens (tertiary/aromatic N) is 1. The number of sulfone groups is 1. The molecule has 9 heteroatoms. The number of benzene rings is 2. The van der Waals surface area contributed by atoms with Gasteiger partial charge in [0, 0.05) is 42.1 Å². The molecule has 0 amide bonds. The van der Waals surface area contributed by atoms with Crippen LogP contribution in [0.25, 0.3) is 0 Å². The van der Waals surface area contributed by atoms with E-state index in [9.17, 15) is 8.42 Å². The Bertz CT molecular complexity index is 904. The largest absolute Gasteiger partial charge is 0.356 e. The van der Waals surface area contributed by atoms with Gasteiger partial charge in [-0.05, 0) is 48.4 Å². The second-order valence-corrected chi connectivity index (χ2v) is 9.62. The predicted molar refractivity (Wildman–Crippen MR) is 130 cm³/mol. The van der Waals surface area contributed by atoms with Crippen LogP contribution in [0.2, 0.25) is 5.02 Å². The fraction of sp³-hybridized carbons (Fsp3) is 0.316. The number of hydrogen-bond donors (Lipinski definition) is 2. The third-order valence-electron chi connectivity index (χ3n) is 3.80. The molecule has 0 saturated carbocycles. The Kier molecular flexibility index (Phi) is 10.6. The lowest BCUT2D eigenvalue weighted by Gasteiger charge is -2.13. The fourth-order valence-corrected chi connectivity index (χ4v) is 4.37. The van der Waals surface area contributed by atoms with Crippen LogP contribution < -0.4 is 10.6 Å². The van der Waals surface area contributed by atoms with Gasteiger partial charge in [-0.1, -0.05) is 23.7 Å². The van der Waals surface area contributed by atoms with Crippen molar-refractivity contribution in [2.75, 3.05) is 25.6 Å². The summed E-state index contributed by atoms with van der Waals surface area (Å²) >= 11 is 7.62. The molecule has 0 saturated heterocycles. The Labute approximate surface area is 193 Å². The fourth-order valence-electron chi connectivity index (χ4n) is 2.51. The molecule has 0 fully saturated rings. The van der Waals surface area contributed by atoms with Crippen molar-refractivity contribution in [3.63, 3.8) is 0 Å². The summed E-state index contributed by atoms with van der Waals surface area (Å²) in [5.74, 6) is 1.60. The van der Waals surface area contributed by atoms with Crippen LogP contribution in [-0.2, 0) is 16.4 Å². The van der Waals surface area contributed by atoms with Crippen LogP contribution in [0.1, 0.15) is 11.1 Å². The van der Waals surface area contributed by atoms with Gasteiger partial charge in [0.1, 0.15) is 0 Å². The third-order valence-corrected chi connectivity index (χ3v) is 6.32. The van der Waals surface area contributed by atoms with Gasteiger partial charge in [-0.25, -0.2) is 8.42 Å². The first kappa shape index (κ1) is 25.1. The first-order valence-electron chi connectivity index (χ1n) is 8.42. The van der Waals surface area contributed by atoms with Gasteiger partial charge in [0.2, 0.25) is 0 Å². The van der Waals surface area contributed by atoms with E-state index in [1.54, 1.807) is 31.8 Å². The van der Waals surface area contributed by atoms with Gasteiger partial charge in [0.25, 0.3) is 0 Å². The van der Waals surface area contributed by atoms with Gasteiger partial charge >= 0.3 is 0 Å². The van der Waals surface area contributed by atoms with Gasteiger partial charge in [0.05, 0.1) is 4.90 Å². The second kappa shape index (κ2) is 11.9. The minimum atomic E-state index is -3.19. The highest BCUT2D eigenvalue weighted by atomic mass is 127. The quantitative estimate of drug-likeness (QED) is 0.177. The van der Waals surface area contributed by atoms with Crippen molar-refractivity contribution in [1.29, 1.82) is 0 Å². The number of hydrogen-bond acceptors (Lipinski definition) is 4. The van der Waals surface area contributed by atoms with E-state index in [0.29, 0.717) is 17.4 Å². The molecule has 0 aliphatic heterocycles. The van der Waals surface area contributed by atoms with Crippen LogP contribution in [-0.4, -0.2) is 40.0 Å². The Morgan fingerprint density at radius 1 is 1.14 bits per heavy atom. The summed E-state index contributed by atoms with van der Waals surface area (Å²) in [7, 11) is -1.47. The molecule has 28 heavy (non-hydrogen) atoms. The first-order chi connectivity index (χ1) is 12.8. The van der Waals surface area contributed by atoms with Crippen LogP contribution in [0.5, 0.6) is 0 Å². The van der Waals surface area contributed by atoms with E-state index in [0.717, 1.165) is 28.4 Å². The summed E-state index contributed by atoms with van der Waals surface area (Å²) in [5, 5.41) is 7.25. The number of aryl methyl sites for hydroxylation is 1. The molecule has 2 N–H and O–H groups in total. The van der Waals surface area contributed by atoms with Crippen molar-refractivity contribution in [3.05, 3.63) is 58.6 Å². The topological polar surface area (TPSA) is 70.6 Å². The zero-order valence-electron chi connectivity index (χ0n) is 16.0. The maximum atomic E-state index is 11.7. The van der Waals surface area contributed by atoms with Crippen LogP contribution in [0, 0.1) is 6.92 Å². The van der Waals surface area contributed by atoms with E-state index in [4.69, 9.17) is 11.6 Å². The Hall–Kier alpha value is -0.970. The third kappa shape index (κ3) is 8.18. The van der Waals surface area contributed by atoms with Crippen molar-refractivity contribution in [1.82, 2.24) is 10.6 Å². The summed E-state index contributed by atoms with van der Waals surface area (Å²) in [6, 6.07) is 13.1. The van der Waals surface area contributed by atoms with E-state index < -0.39 is 9.84 Å². The van der Waals surface area contributed by atoms with Crippen molar-refractivity contribution < 1.29 is 8.42 Å². The standard InChI is InChI=1S/C19H24ClN3O2S2.HI/c1-14-12-15(4-9-18(14)27(3,24)25)13-23-19(21-2)22-10-11-26-17-7-5-16(20)6-8-17;/h4-9,12H,10-11,13H2,1-3H3,(H2,21,22,23);1H. The summed E-state index contributed by atoms with van der Waals surface area (Å²) < 4.78 is 23.4. The van der Waals surface area contributed by atoms with Gasteiger partial charge in [-0.2, -0.15) is 0 Å². The molecule has 0 unspecified atom stereocenters. The van der Waals surface area contributed by atoms with E-state index in [2.05, 4.69) is 15.6 Å². The monoisotopic (exact) mass is 553 g/mol. The van der Waals surface area contributed by atoms with Crippen LogP contribution in [0.4, 0.5) is 0 Å². The lowest BCUT2D eigenvalue weighted by Crippen LogP contribution is -2.37. The maximum Gasteiger partial charge on any atom is 0.191 e. The van der Waals surface area contributed by atoms with Crippen molar-refractivity contribution in [2.45, 2.75) is 23.3 Å². The molecule has 0 aliphatic carbocycles. The predicted octanol–water partition coefficient (Wildman–Crippen LogP) is 4.13. The van der Waals surface area contributed by atoms with Crippen molar-refractivity contribution in [2.24, 2.45) is 4.99 Å². The van der Waals surface area contributed by atoms with Crippen LogP contribution in [0.3, 0.4) is 0 Å². The summed E-state index contributed by atoms with van der Waals surface area (Å²) in [5.41, 5.74) is 1.75. The number of aliphatic imine (C=N–C) groups is 1. The molecule has 0 atom stereocenters. The van der Waals surface area contributed by atoms with Crippen LogP contribution >= 0.6 is 47.3 Å². The minimum Gasteiger partial charge on any atom is -0.356 e. The molecule has 2 rings (SSSR count). The molecular formula is C19H25ClIN3O2S2. The van der Waals surface area contributed by atoms with E-state index in [1.165, 1.54) is 11.2 Å². The average Bonchev–Trinajstić information content (AvgIpc) is 2.61. The summed E-state index contributed by atoms with van der Waals surface area (Å²) in [6.45, 7) is 3.13. The molecule has 0 heterocycles. The first-order valence-corrected chi connectivity index (χ1v) is 11.7. The zero-order chi connectivity index (χ0) is 19.9. The smallest absolute Gasteiger partial charge is 0.191 e. The summed E-state index contributed by atoms with van der Waals surface area (Å²) in [6.07, 6.45) is 1.22. The molecule has 0 radical (unpaired) electrons. The number of halogens is 2. The lowest BCUT2D eigenvalue weighted by atomic mass is 10.1. The SMILES string of the molecule is CN=C(NCCSc1ccc(Cl)cc1)NCc1ccc(S(C)(=O)=O)c(C)c1.I. The molecule has 0 spiro atoms. The number of guanidine groups is 1. The maximum absolute atomic E-state index is 11.7. The van der Waals surface area contributed by atoms with E-state index in [1.807, 2.05) is 36.4 Å². The van der Waals surface area contributed by atoms with Gasteiger partial charge in [-0.3, -0.25) is 4.99 Å². The van der Waals surface area contributed by atoms with E-state index >= 15 is 0 Å². The van der Waals surface area contributed by atoms with Gasteiger partial charge in [-0.15, -0.1) is 35.7 Å². The Balaban J connectivity index is 0.00000392. The molecule has 154 valence electrons. The highest BCUT2D eigenvalue weighted by Crippen LogP contribution is 2.19. The zero-order valence-corrected chi connectivity index (χ0v) is 20.7. The minimum absolute atomic E-state index is 0. The number of nitrogens with one attached hydrogen (secondary N) is 2. The molecule has 0 aromatic heterocycles. The molecule has 2 aromatic rings. The molecule has 0 aliphatic rings. The van der Waals surface area contributed by atoms with Gasteiger partial charge < -0.3 is 10.6 Å². The lowest BCUT2D eigenvalue weighted by molar-refractivity contribution is 0.601. The number of thioether (sulfide) groups is 1. The Morgan fingerprint density at radius 3 is 2.39 bits per heavy atom. The normalized spacial score (nSPS) is 11.6. The van der Waals surface area contributed by atoms with E-state index in [-0.39, 0.29) is 24.0 Å². The van der Waals surface area contributed by atoms with Crippen molar-refractivity contribution >= 4 is 63.1 Å². The highest BCUT2D eigenvalue weighted by molar-refractivity contribution is 14.0. The second-order valence-electron chi connectivity index (χ2n) is 6.03. The van der Waals surface area contributed by atoms with Crippen LogP contribution in [0.15, 0.2) is 57.2 Å². The van der Waals surface area contributed by atoms with Crippen molar-refractivity contribution in [3.8, 4) is 0 Å². The number of rotatable bonds is 7. The molecule has 0 bridgehead atoms. The van der Waals surface area contributed by atoms with Gasteiger partial charge in [0.15, 0.2) is 15.8 Å². The highest BCUT2D eigenvalue weighted by Gasteiger charge is 2.10. The molecular weight excluding hydrogens is 529 g/mol. The molecule has 2 aromatic carbocycles.